The summed E-state index contributed by atoms with van der Waals surface area (Å²) in [5.41, 5.74) is -0.464. The average molecular weight is 488 g/mol. The van der Waals surface area contributed by atoms with Crippen molar-refractivity contribution in [2.24, 2.45) is 5.92 Å². The molecule has 0 amide bonds. The molecule has 27 heavy (non-hydrogen) atoms. The monoisotopic (exact) mass is 486 g/mol. The third-order valence-corrected chi connectivity index (χ3v) is 4.93. The van der Waals surface area contributed by atoms with E-state index in [1.807, 2.05) is 13.8 Å². The van der Waals surface area contributed by atoms with Gasteiger partial charge in [0, 0.05) is 0 Å². The molecule has 0 aliphatic rings. The molecule has 1 aromatic heterocycles. The molecule has 0 fully saturated rings. The van der Waals surface area contributed by atoms with Crippen molar-refractivity contribution in [2.75, 3.05) is 6.61 Å². The molecule has 4 nitrogen and oxygen atoms in total. The summed E-state index contributed by atoms with van der Waals surface area (Å²) < 4.78 is 45.5. The Kier molecular flexibility index (Phi) is 6.86. The molecule has 148 valence electrons. The van der Waals surface area contributed by atoms with Gasteiger partial charge in [-0.1, -0.05) is 37.0 Å². The minimum atomic E-state index is -4.61. The molecule has 10 heteroatoms. The van der Waals surface area contributed by atoms with Crippen molar-refractivity contribution in [1.82, 2.24) is 9.78 Å². The van der Waals surface area contributed by atoms with Crippen LogP contribution >= 0.6 is 39.1 Å². The number of carbonyl (C=O) groups is 1. The third-order valence-electron chi connectivity index (χ3n) is 3.52. The lowest BCUT2D eigenvalue weighted by Crippen LogP contribution is -2.14. The lowest BCUT2D eigenvalue weighted by molar-refractivity contribution is -0.137. The number of ether oxygens (including phenoxy) is 1. The van der Waals surface area contributed by atoms with E-state index in [9.17, 15) is 18.0 Å². The Bertz CT molecular complexity index is 844. The number of hydrogen-bond donors (Lipinski definition) is 0. The second-order valence-electron chi connectivity index (χ2n) is 6.13. The number of alkyl halides is 3. The maximum absolute atomic E-state index is 13.0. The summed E-state index contributed by atoms with van der Waals surface area (Å²) in [5.74, 6) is -0.475. The molecule has 0 radical (unpaired) electrons. The quantitative estimate of drug-likeness (QED) is 0.462. The molecule has 0 saturated carbocycles. The summed E-state index contributed by atoms with van der Waals surface area (Å²) in [4.78, 5) is 12.4. The number of nitrogens with zero attached hydrogens (tertiary/aromatic N) is 2. The van der Waals surface area contributed by atoms with Crippen LogP contribution in [0.4, 0.5) is 13.2 Å². The highest BCUT2D eigenvalue weighted by Gasteiger charge is 2.33. The van der Waals surface area contributed by atoms with Gasteiger partial charge in [0.05, 0.1) is 32.4 Å². The Morgan fingerprint density at radius 1 is 1.30 bits per heavy atom. The van der Waals surface area contributed by atoms with E-state index in [0.29, 0.717) is 16.6 Å². The van der Waals surface area contributed by atoms with E-state index in [1.54, 1.807) is 6.92 Å². The number of halogens is 6. The van der Waals surface area contributed by atoms with Crippen LogP contribution in [0.1, 0.15) is 42.5 Å². The zero-order valence-electron chi connectivity index (χ0n) is 14.6. The highest BCUT2D eigenvalue weighted by atomic mass is 79.9. The minimum absolute atomic E-state index is 0.0102. The van der Waals surface area contributed by atoms with Crippen molar-refractivity contribution in [3.63, 3.8) is 0 Å². The van der Waals surface area contributed by atoms with Gasteiger partial charge in [0.1, 0.15) is 5.69 Å². The van der Waals surface area contributed by atoms with E-state index in [-0.39, 0.29) is 34.0 Å². The van der Waals surface area contributed by atoms with E-state index < -0.39 is 17.7 Å². The lowest BCUT2D eigenvalue weighted by Gasteiger charge is -2.14. The minimum Gasteiger partial charge on any atom is -0.461 e. The Morgan fingerprint density at radius 3 is 2.30 bits per heavy atom. The Morgan fingerprint density at radius 2 is 1.85 bits per heavy atom. The van der Waals surface area contributed by atoms with E-state index >= 15 is 0 Å². The second-order valence-corrected chi connectivity index (χ2v) is 7.73. The number of benzene rings is 1. The smallest absolute Gasteiger partial charge is 0.416 e. The van der Waals surface area contributed by atoms with Crippen molar-refractivity contribution >= 4 is 45.1 Å². The molecule has 2 aromatic rings. The fourth-order valence-electron chi connectivity index (χ4n) is 2.43. The van der Waals surface area contributed by atoms with Crippen molar-refractivity contribution in [1.29, 1.82) is 0 Å². The van der Waals surface area contributed by atoms with Gasteiger partial charge >= 0.3 is 12.1 Å². The van der Waals surface area contributed by atoms with Gasteiger partial charge in [0.15, 0.2) is 5.69 Å². The van der Waals surface area contributed by atoms with Gasteiger partial charge in [-0.25, -0.2) is 9.48 Å². The largest absolute Gasteiger partial charge is 0.461 e. The highest BCUT2D eigenvalue weighted by molar-refractivity contribution is 9.10. The lowest BCUT2D eigenvalue weighted by atomic mass is 10.1. The first kappa shape index (κ1) is 22.0. The molecule has 2 rings (SSSR count). The summed E-state index contributed by atoms with van der Waals surface area (Å²) in [6, 6.07) is 1.49. The summed E-state index contributed by atoms with van der Waals surface area (Å²) in [6.07, 6.45) is -4.08. The SMILES string of the molecule is CCOC(=O)c1c(Br)c(CC(C)C)nn1-c1c(Cl)cc(C(F)(F)F)cc1Cl. The van der Waals surface area contributed by atoms with E-state index in [1.165, 1.54) is 0 Å². The van der Waals surface area contributed by atoms with Gasteiger partial charge < -0.3 is 4.74 Å². The molecule has 0 atom stereocenters. The number of carbonyl (C=O) groups excluding carboxylic acids is 1. The predicted molar refractivity (Wildman–Crippen MR) is 101 cm³/mol. The van der Waals surface area contributed by atoms with Crippen molar-refractivity contribution in [2.45, 2.75) is 33.4 Å². The summed E-state index contributed by atoms with van der Waals surface area (Å²) in [5, 5.41) is 3.78. The van der Waals surface area contributed by atoms with Crippen molar-refractivity contribution in [3.8, 4) is 5.69 Å². The van der Waals surface area contributed by atoms with Crippen LogP contribution in [-0.4, -0.2) is 22.4 Å². The molecular weight excluding hydrogens is 472 g/mol. The van der Waals surface area contributed by atoms with Crippen LogP contribution in [-0.2, 0) is 17.3 Å². The molecule has 0 unspecified atom stereocenters. The van der Waals surface area contributed by atoms with E-state index in [4.69, 9.17) is 27.9 Å². The maximum atomic E-state index is 13.0. The van der Waals surface area contributed by atoms with Gasteiger partial charge in [-0.2, -0.15) is 18.3 Å². The normalized spacial score (nSPS) is 11.9. The summed E-state index contributed by atoms with van der Waals surface area (Å²) in [6.45, 7) is 5.69. The molecular formula is C17H16BrCl2F3N2O2. The fourth-order valence-corrected chi connectivity index (χ4v) is 3.65. The van der Waals surface area contributed by atoms with Crippen LogP contribution in [0.5, 0.6) is 0 Å². The topological polar surface area (TPSA) is 44.1 Å². The number of esters is 1. The van der Waals surface area contributed by atoms with Gasteiger partial charge in [-0.05, 0) is 47.3 Å². The van der Waals surface area contributed by atoms with Crippen LogP contribution < -0.4 is 0 Å². The second kappa shape index (κ2) is 8.41. The summed E-state index contributed by atoms with van der Waals surface area (Å²) in [7, 11) is 0. The molecule has 0 spiro atoms. The Balaban J connectivity index is 2.72. The van der Waals surface area contributed by atoms with Gasteiger partial charge in [-0.3, -0.25) is 0 Å². The number of rotatable bonds is 5. The molecule has 0 bridgehead atoms. The van der Waals surface area contributed by atoms with Crippen LogP contribution in [0.2, 0.25) is 10.0 Å². The molecule has 1 aromatic carbocycles. The fraction of sp³-hybridized carbons (Fsp3) is 0.412. The van der Waals surface area contributed by atoms with E-state index in [2.05, 4.69) is 21.0 Å². The third kappa shape index (κ3) is 4.78. The first-order valence-corrected chi connectivity index (χ1v) is 9.53. The van der Waals surface area contributed by atoms with Crippen LogP contribution in [0.3, 0.4) is 0 Å². The zero-order valence-corrected chi connectivity index (χ0v) is 17.7. The van der Waals surface area contributed by atoms with Gasteiger partial charge in [0.2, 0.25) is 0 Å². The molecule has 1 heterocycles. The molecule has 0 saturated heterocycles. The van der Waals surface area contributed by atoms with Crippen LogP contribution in [0.15, 0.2) is 16.6 Å². The highest BCUT2D eigenvalue weighted by Crippen LogP contribution is 2.39. The Hall–Kier alpha value is -1.25. The zero-order chi connectivity index (χ0) is 20.5. The van der Waals surface area contributed by atoms with Gasteiger partial charge in [0.25, 0.3) is 0 Å². The molecule has 0 aliphatic carbocycles. The molecule has 0 N–H and O–H groups in total. The maximum Gasteiger partial charge on any atom is 0.416 e. The average Bonchev–Trinajstić information content (AvgIpc) is 2.81. The Labute approximate surface area is 172 Å². The predicted octanol–water partition coefficient (Wildman–Crippen LogP) is 6.34. The van der Waals surface area contributed by atoms with Crippen LogP contribution in [0.25, 0.3) is 5.69 Å². The van der Waals surface area contributed by atoms with E-state index in [0.717, 1.165) is 16.8 Å². The summed E-state index contributed by atoms with van der Waals surface area (Å²) >= 11 is 15.5. The molecule has 0 aliphatic heterocycles. The number of aromatic nitrogens is 2. The standard InChI is InChI=1S/C17H16BrCl2F3N2O2/c1-4-27-16(26)15-13(18)12(5-8(2)3)24-25(15)14-10(19)6-9(7-11(14)20)17(21,22)23/h6-8H,4-5H2,1-3H3. The number of hydrogen-bond acceptors (Lipinski definition) is 3. The van der Waals surface area contributed by atoms with Gasteiger partial charge in [-0.15, -0.1) is 0 Å². The van der Waals surface area contributed by atoms with Crippen molar-refractivity contribution in [3.05, 3.63) is 43.6 Å². The first-order valence-electron chi connectivity index (χ1n) is 7.98. The first-order chi connectivity index (χ1) is 12.5. The van der Waals surface area contributed by atoms with Crippen molar-refractivity contribution < 1.29 is 22.7 Å². The van der Waals surface area contributed by atoms with Crippen LogP contribution in [0, 0.1) is 5.92 Å².